The molecule has 10 heteroatoms. The van der Waals surface area contributed by atoms with Gasteiger partial charge in [0.1, 0.15) is 5.82 Å². The monoisotopic (exact) mass is 444 g/mol. The second-order valence-electron chi connectivity index (χ2n) is 7.60. The zero-order valence-corrected chi connectivity index (χ0v) is 17.7. The predicted octanol–water partition coefficient (Wildman–Crippen LogP) is 2.47. The van der Waals surface area contributed by atoms with Crippen LogP contribution in [0.25, 0.3) is 0 Å². The second-order valence-corrected chi connectivity index (χ2v) is 7.60. The third kappa shape index (κ3) is 4.84. The van der Waals surface area contributed by atoms with Gasteiger partial charge in [-0.05, 0) is 31.5 Å². The third-order valence-corrected chi connectivity index (χ3v) is 4.99. The fourth-order valence-corrected chi connectivity index (χ4v) is 3.27. The van der Waals surface area contributed by atoms with Crippen LogP contribution >= 0.6 is 0 Å². The van der Waals surface area contributed by atoms with E-state index in [1.807, 2.05) is 5.92 Å². The summed E-state index contributed by atoms with van der Waals surface area (Å²) in [6.45, 7) is 3.61. The number of fused-ring (bicyclic) bond motifs is 1. The summed E-state index contributed by atoms with van der Waals surface area (Å²) in [7, 11) is 0. The number of halogens is 2. The van der Waals surface area contributed by atoms with Crippen molar-refractivity contribution in [3.63, 3.8) is 0 Å². The summed E-state index contributed by atoms with van der Waals surface area (Å²) in [5, 5.41) is 11.9. The van der Waals surface area contributed by atoms with E-state index < -0.39 is 30.6 Å². The highest BCUT2D eigenvalue weighted by Crippen LogP contribution is 2.34. The van der Waals surface area contributed by atoms with Crippen LogP contribution in [0, 0.1) is 19.3 Å². The fraction of sp³-hybridized carbons (Fsp3) is 0.364. The number of aromatic nitrogens is 2. The van der Waals surface area contributed by atoms with Gasteiger partial charge in [0.25, 0.3) is 17.7 Å². The molecule has 0 saturated carbocycles. The van der Waals surface area contributed by atoms with Crippen molar-refractivity contribution in [2.45, 2.75) is 45.4 Å². The molecule has 2 N–H and O–H groups in total. The first-order valence-corrected chi connectivity index (χ1v) is 9.73. The van der Waals surface area contributed by atoms with E-state index in [1.165, 1.54) is 12.4 Å². The van der Waals surface area contributed by atoms with Crippen LogP contribution in [0.5, 0.6) is 5.88 Å². The Morgan fingerprint density at radius 1 is 1.47 bits per heavy atom. The number of ether oxygens (including phenoxy) is 1. The second kappa shape index (κ2) is 8.88. The molecule has 0 aromatic carbocycles. The Labute approximate surface area is 183 Å². The average molecular weight is 444 g/mol. The minimum Gasteiger partial charge on any atom is -0.471 e. The Bertz CT molecular complexity index is 1090. The molecule has 0 saturated heterocycles. The first-order valence-electron chi connectivity index (χ1n) is 9.73. The number of hydrogen-bond donors (Lipinski definition) is 2. The van der Waals surface area contributed by atoms with E-state index >= 15 is 0 Å². The molecule has 0 radical (unpaired) electrons. The van der Waals surface area contributed by atoms with E-state index in [0.29, 0.717) is 22.3 Å². The van der Waals surface area contributed by atoms with E-state index in [0.717, 1.165) is 6.92 Å². The normalized spacial score (nSPS) is 15.0. The molecule has 2 atom stereocenters. The number of pyridine rings is 2. The third-order valence-electron chi connectivity index (χ3n) is 4.99. The van der Waals surface area contributed by atoms with Crippen LogP contribution in [-0.4, -0.2) is 50.4 Å². The van der Waals surface area contributed by atoms with Crippen molar-refractivity contribution in [2.24, 2.45) is 0 Å². The Morgan fingerprint density at radius 2 is 2.19 bits per heavy atom. The van der Waals surface area contributed by atoms with E-state index in [1.54, 1.807) is 30.9 Å². The molecule has 32 heavy (non-hydrogen) atoms. The first-order chi connectivity index (χ1) is 15.0. The van der Waals surface area contributed by atoms with Crippen LogP contribution in [0.1, 0.15) is 46.9 Å². The van der Waals surface area contributed by atoms with Crippen LogP contribution in [-0.2, 0) is 11.3 Å². The van der Waals surface area contributed by atoms with Gasteiger partial charge in [-0.15, -0.1) is 6.42 Å². The van der Waals surface area contributed by atoms with Crippen molar-refractivity contribution in [1.29, 1.82) is 0 Å². The quantitative estimate of drug-likeness (QED) is 0.636. The van der Waals surface area contributed by atoms with E-state index in [9.17, 15) is 23.5 Å². The molecule has 2 aromatic heterocycles. The van der Waals surface area contributed by atoms with Crippen molar-refractivity contribution >= 4 is 17.6 Å². The summed E-state index contributed by atoms with van der Waals surface area (Å²) in [5.74, 6) is -1.92. The number of terminal acetylenes is 1. The van der Waals surface area contributed by atoms with Gasteiger partial charge < -0.3 is 20.1 Å². The maximum atomic E-state index is 13.0. The first kappa shape index (κ1) is 23.1. The Hall–Kier alpha value is -3.58. The molecule has 0 fully saturated rings. The molecule has 1 aliphatic heterocycles. The maximum absolute atomic E-state index is 13.0. The number of rotatable bonds is 7. The lowest BCUT2D eigenvalue weighted by molar-refractivity contribution is -0.121. The Kier molecular flexibility index (Phi) is 6.41. The lowest BCUT2D eigenvalue weighted by Crippen LogP contribution is -2.28. The van der Waals surface area contributed by atoms with Crippen molar-refractivity contribution in [3.05, 3.63) is 46.8 Å². The molecule has 168 valence electrons. The minimum absolute atomic E-state index is 0.0970. The number of carbonyl (C=O) groups excluding carboxylic acids is 2. The van der Waals surface area contributed by atoms with Crippen LogP contribution in [0.15, 0.2) is 24.5 Å². The summed E-state index contributed by atoms with van der Waals surface area (Å²) in [6.07, 6.45) is 6.27. The number of aryl methyl sites for hydroxylation is 1. The van der Waals surface area contributed by atoms with Crippen LogP contribution in [0.3, 0.4) is 0 Å². The van der Waals surface area contributed by atoms with Gasteiger partial charge in [0, 0.05) is 36.0 Å². The number of anilines is 1. The van der Waals surface area contributed by atoms with Gasteiger partial charge in [0.15, 0.2) is 12.7 Å². The topological polar surface area (TPSA) is 105 Å². The van der Waals surface area contributed by atoms with Crippen molar-refractivity contribution in [3.8, 4) is 18.2 Å². The molecule has 0 spiro atoms. The van der Waals surface area contributed by atoms with Gasteiger partial charge in [0.2, 0.25) is 5.88 Å². The van der Waals surface area contributed by atoms with Crippen LogP contribution in [0.4, 0.5) is 14.6 Å². The molecular weight excluding hydrogens is 422 g/mol. The number of hydrogen-bond acceptors (Lipinski definition) is 6. The van der Waals surface area contributed by atoms with E-state index in [2.05, 4.69) is 15.3 Å². The van der Waals surface area contributed by atoms with E-state index in [4.69, 9.17) is 11.2 Å². The molecule has 3 heterocycles. The number of carbonyl (C=O) groups is 2. The van der Waals surface area contributed by atoms with Crippen molar-refractivity contribution in [1.82, 2.24) is 14.9 Å². The lowest BCUT2D eigenvalue weighted by Gasteiger charge is -2.25. The number of nitrogens with one attached hydrogen (secondary N) is 1. The summed E-state index contributed by atoms with van der Waals surface area (Å²) in [6, 6.07) is 2.85. The predicted molar refractivity (Wildman–Crippen MR) is 111 cm³/mol. The van der Waals surface area contributed by atoms with Gasteiger partial charge in [0.05, 0.1) is 12.6 Å². The van der Waals surface area contributed by atoms with Crippen LogP contribution in [0.2, 0.25) is 0 Å². The fourth-order valence-electron chi connectivity index (χ4n) is 3.27. The van der Waals surface area contributed by atoms with Gasteiger partial charge in [-0.2, -0.15) is 0 Å². The van der Waals surface area contributed by atoms with Gasteiger partial charge in [-0.25, -0.2) is 18.7 Å². The number of alkyl halides is 2. The SMILES string of the molecule is C#C[C@@H](O)C(=O)Nc1nccc2c1CN(C(C)c1cnc(OCC(C)(F)F)c(C)c1)C2=O. The number of nitrogens with zero attached hydrogens (tertiary/aromatic N) is 3. The summed E-state index contributed by atoms with van der Waals surface area (Å²) >= 11 is 0. The molecule has 3 rings (SSSR count). The Morgan fingerprint density at radius 3 is 2.81 bits per heavy atom. The average Bonchev–Trinajstić information content (AvgIpc) is 3.08. The highest BCUT2D eigenvalue weighted by atomic mass is 19.3. The molecule has 0 aliphatic carbocycles. The van der Waals surface area contributed by atoms with Gasteiger partial charge in [-0.1, -0.05) is 5.92 Å². The summed E-state index contributed by atoms with van der Waals surface area (Å²) in [4.78, 5) is 34.7. The highest BCUT2D eigenvalue weighted by Gasteiger charge is 2.34. The minimum atomic E-state index is -2.98. The maximum Gasteiger partial charge on any atom is 0.278 e. The molecule has 8 nitrogen and oxygen atoms in total. The van der Waals surface area contributed by atoms with Gasteiger partial charge >= 0.3 is 0 Å². The molecular formula is C22H22F2N4O4. The summed E-state index contributed by atoms with van der Waals surface area (Å²) < 4.78 is 31.2. The van der Waals surface area contributed by atoms with Crippen molar-refractivity contribution in [2.75, 3.05) is 11.9 Å². The zero-order valence-electron chi connectivity index (χ0n) is 17.7. The van der Waals surface area contributed by atoms with Gasteiger partial charge in [-0.3, -0.25) is 9.59 Å². The lowest BCUT2D eigenvalue weighted by atomic mass is 10.1. The molecule has 1 unspecified atom stereocenters. The Balaban J connectivity index is 1.80. The molecule has 2 amide bonds. The molecule has 0 bridgehead atoms. The van der Waals surface area contributed by atoms with Crippen LogP contribution < -0.4 is 10.1 Å². The smallest absolute Gasteiger partial charge is 0.278 e. The largest absolute Gasteiger partial charge is 0.471 e. The van der Waals surface area contributed by atoms with E-state index in [-0.39, 0.29) is 24.1 Å². The highest BCUT2D eigenvalue weighted by molar-refractivity contribution is 6.02. The standard InChI is InChI=1S/C22H22F2N4O4/c1-5-17(29)19(30)27-18-16-10-28(21(31)15(16)6-7-25-18)13(3)14-8-12(2)20(26-9-14)32-11-22(4,23)24/h1,6-9,13,17,29H,10-11H2,2-4H3,(H,25,27,30)/t13?,17-/m1/s1. The number of amides is 2. The number of aliphatic hydroxyl groups excluding tert-OH is 1. The molecule has 2 aromatic rings. The number of aliphatic hydroxyl groups is 1. The van der Waals surface area contributed by atoms with Crippen molar-refractivity contribution < 1.29 is 28.2 Å². The summed E-state index contributed by atoms with van der Waals surface area (Å²) in [5.41, 5.74) is 2.10. The molecule has 1 aliphatic rings. The zero-order chi connectivity index (χ0) is 23.6.